The molecule has 1 unspecified atom stereocenters. The van der Waals surface area contributed by atoms with Gasteiger partial charge in [-0.3, -0.25) is 4.79 Å². The van der Waals surface area contributed by atoms with Gasteiger partial charge in [0.1, 0.15) is 5.82 Å². The van der Waals surface area contributed by atoms with E-state index >= 15 is 0 Å². The molecule has 16 heavy (non-hydrogen) atoms. The van der Waals surface area contributed by atoms with E-state index in [0.29, 0.717) is 18.3 Å². The number of hydrogen-bond donors (Lipinski definition) is 2. The highest BCUT2D eigenvalue weighted by Crippen LogP contribution is 2.11. The number of aromatic nitrogens is 1. The Kier molecular flexibility index (Phi) is 3.51. The molecule has 1 atom stereocenters. The smallest absolute Gasteiger partial charge is 0.227 e. The van der Waals surface area contributed by atoms with E-state index in [4.69, 9.17) is 0 Å². The van der Waals surface area contributed by atoms with Crippen LogP contribution in [0.2, 0.25) is 0 Å². The van der Waals surface area contributed by atoms with Gasteiger partial charge in [0.05, 0.1) is 0 Å². The van der Waals surface area contributed by atoms with Gasteiger partial charge in [0, 0.05) is 18.7 Å². The Morgan fingerprint density at radius 3 is 3.25 bits per heavy atom. The van der Waals surface area contributed by atoms with Gasteiger partial charge in [0.15, 0.2) is 0 Å². The molecule has 4 heteroatoms. The molecule has 0 spiro atoms. The highest BCUT2D eigenvalue weighted by Gasteiger charge is 2.17. The maximum absolute atomic E-state index is 11.7. The predicted molar refractivity (Wildman–Crippen MR) is 63.2 cm³/mol. The molecule has 0 bridgehead atoms. The van der Waals surface area contributed by atoms with Crippen LogP contribution < -0.4 is 10.6 Å². The quantitative estimate of drug-likeness (QED) is 0.809. The van der Waals surface area contributed by atoms with E-state index in [2.05, 4.69) is 15.6 Å². The van der Waals surface area contributed by atoms with Gasteiger partial charge in [0.25, 0.3) is 0 Å². The minimum absolute atomic E-state index is 0.0394. The van der Waals surface area contributed by atoms with E-state index in [-0.39, 0.29) is 5.91 Å². The molecule has 0 aromatic carbocycles. The van der Waals surface area contributed by atoms with E-state index in [0.717, 1.165) is 18.5 Å². The van der Waals surface area contributed by atoms with Gasteiger partial charge in [-0.1, -0.05) is 0 Å². The van der Waals surface area contributed by atoms with Crippen LogP contribution in [0.5, 0.6) is 0 Å². The number of rotatable bonds is 3. The molecule has 86 valence electrons. The molecule has 0 saturated carbocycles. The molecule has 2 rings (SSSR count). The van der Waals surface area contributed by atoms with Gasteiger partial charge in [-0.2, -0.15) is 0 Å². The summed E-state index contributed by atoms with van der Waals surface area (Å²) in [6, 6.07) is 4.12. The van der Waals surface area contributed by atoms with Crippen LogP contribution in [0.15, 0.2) is 18.3 Å². The molecular formula is C12H17N3O. The lowest BCUT2D eigenvalue weighted by atomic mass is 10.1. The summed E-state index contributed by atoms with van der Waals surface area (Å²) >= 11 is 0. The topological polar surface area (TPSA) is 54.0 Å². The fraction of sp³-hybridized carbons (Fsp3) is 0.500. The summed E-state index contributed by atoms with van der Waals surface area (Å²) < 4.78 is 0. The molecule has 1 aliphatic rings. The van der Waals surface area contributed by atoms with Crippen LogP contribution in [0.25, 0.3) is 0 Å². The molecule has 0 radical (unpaired) electrons. The number of pyridine rings is 1. The van der Waals surface area contributed by atoms with Crippen LogP contribution in [-0.2, 0) is 4.79 Å². The Bertz CT molecular complexity index is 372. The fourth-order valence-corrected chi connectivity index (χ4v) is 1.95. The van der Waals surface area contributed by atoms with Gasteiger partial charge < -0.3 is 10.6 Å². The van der Waals surface area contributed by atoms with Crippen LogP contribution in [0.1, 0.15) is 24.8 Å². The average molecular weight is 219 g/mol. The minimum Gasteiger partial charge on any atom is -0.313 e. The summed E-state index contributed by atoms with van der Waals surface area (Å²) in [6.45, 7) is 3.01. The van der Waals surface area contributed by atoms with Crippen molar-refractivity contribution in [3.8, 4) is 0 Å². The molecule has 1 aromatic heterocycles. The lowest BCUT2D eigenvalue weighted by Gasteiger charge is -2.10. The molecule has 1 saturated heterocycles. The van der Waals surface area contributed by atoms with Crippen molar-refractivity contribution in [1.82, 2.24) is 10.3 Å². The van der Waals surface area contributed by atoms with Crippen LogP contribution in [0.3, 0.4) is 0 Å². The maximum atomic E-state index is 11.7. The Hall–Kier alpha value is -1.42. The van der Waals surface area contributed by atoms with E-state index in [9.17, 15) is 4.79 Å². The summed E-state index contributed by atoms with van der Waals surface area (Å²) in [6.07, 6.45) is 4.50. The number of nitrogens with zero attached hydrogens (tertiary/aromatic N) is 1. The first-order valence-corrected chi connectivity index (χ1v) is 5.70. The number of nitrogens with one attached hydrogen (secondary N) is 2. The third-order valence-electron chi connectivity index (χ3n) is 2.78. The molecule has 2 heterocycles. The van der Waals surface area contributed by atoms with Gasteiger partial charge in [-0.05, 0) is 44.0 Å². The molecule has 2 N–H and O–H groups in total. The average Bonchev–Trinajstić information content (AvgIpc) is 2.70. The fourth-order valence-electron chi connectivity index (χ4n) is 1.95. The molecule has 4 nitrogen and oxygen atoms in total. The third kappa shape index (κ3) is 3.03. The van der Waals surface area contributed by atoms with E-state index in [1.54, 1.807) is 6.20 Å². The highest BCUT2D eigenvalue weighted by atomic mass is 16.1. The lowest BCUT2D eigenvalue weighted by Crippen LogP contribution is -2.27. The summed E-state index contributed by atoms with van der Waals surface area (Å²) in [5, 5.41) is 6.12. The number of aryl methyl sites for hydroxylation is 1. The van der Waals surface area contributed by atoms with Crippen molar-refractivity contribution in [2.75, 3.05) is 11.9 Å². The zero-order chi connectivity index (χ0) is 11.4. The largest absolute Gasteiger partial charge is 0.313 e. The maximum Gasteiger partial charge on any atom is 0.227 e. The van der Waals surface area contributed by atoms with E-state index in [1.165, 1.54) is 6.42 Å². The number of carbonyl (C=O) groups excluding carboxylic acids is 1. The SMILES string of the molecule is Cc1ccnc(NC(=O)CC2CCCN2)c1. The second-order valence-corrected chi connectivity index (χ2v) is 4.26. The third-order valence-corrected chi connectivity index (χ3v) is 2.78. The standard InChI is InChI=1S/C12H17N3O/c1-9-4-6-14-11(7-9)15-12(16)8-10-3-2-5-13-10/h4,6-7,10,13H,2-3,5,8H2,1H3,(H,14,15,16). The van der Waals surface area contributed by atoms with Crippen molar-refractivity contribution in [1.29, 1.82) is 0 Å². The Labute approximate surface area is 95.5 Å². The molecular weight excluding hydrogens is 202 g/mol. The Balaban J connectivity index is 1.86. The second-order valence-electron chi connectivity index (χ2n) is 4.26. The normalized spacial score (nSPS) is 19.7. The van der Waals surface area contributed by atoms with Gasteiger partial charge in [-0.25, -0.2) is 4.98 Å². The van der Waals surface area contributed by atoms with Crippen molar-refractivity contribution in [2.24, 2.45) is 0 Å². The lowest BCUT2D eigenvalue weighted by molar-refractivity contribution is -0.116. The molecule has 1 aliphatic heterocycles. The number of hydrogen-bond acceptors (Lipinski definition) is 3. The van der Waals surface area contributed by atoms with Crippen LogP contribution >= 0.6 is 0 Å². The zero-order valence-corrected chi connectivity index (χ0v) is 9.49. The Morgan fingerprint density at radius 1 is 1.69 bits per heavy atom. The molecule has 1 aromatic rings. The highest BCUT2D eigenvalue weighted by molar-refractivity contribution is 5.90. The minimum atomic E-state index is 0.0394. The monoisotopic (exact) mass is 219 g/mol. The van der Waals surface area contributed by atoms with Crippen molar-refractivity contribution >= 4 is 11.7 Å². The summed E-state index contributed by atoms with van der Waals surface area (Å²) in [7, 11) is 0. The van der Waals surface area contributed by atoms with E-state index in [1.807, 2.05) is 19.1 Å². The van der Waals surface area contributed by atoms with Crippen molar-refractivity contribution in [2.45, 2.75) is 32.2 Å². The van der Waals surface area contributed by atoms with Crippen molar-refractivity contribution < 1.29 is 4.79 Å². The van der Waals surface area contributed by atoms with Crippen molar-refractivity contribution in [3.63, 3.8) is 0 Å². The van der Waals surface area contributed by atoms with Crippen LogP contribution in [0.4, 0.5) is 5.82 Å². The summed E-state index contributed by atoms with van der Waals surface area (Å²) in [5.74, 6) is 0.681. The number of anilines is 1. The van der Waals surface area contributed by atoms with Gasteiger partial charge in [-0.15, -0.1) is 0 Å². The second kappa shape index (κ2) is 5.07. The van der Waals surface area contributed by atoms with E-state index < -0.39 is 0 Å². The first-order chi connectivity index (χ1) is 7.74. The van der Waals surface area contributed by atoms with Gasteiger partial charge >= 0.3 is 0 Å². The van der Waals surface area contributed by atoms with Crippen LogP contribution in [-0.4, -0.2) is 23.5 Å². The van der Waals surface area contributed by atoms with Gasteiger partial charge in [0.2, 0.25) is 5.91 Å². The first kappa shape index (κ1) is 11.1. The Morgan fingerprint density at radius 2 is 2.56 bits per heavy atom. The van der Waals surface area contributed by atoms with Crippen molar-refractivity contribution in [3.05, 3.63) is 23.9 Å². The first-order valence-electron chi connectivity index (χ1n) is 5.70. The molecule has 1 fully saturated rings. The summed E-state index contributed by atoms with van der Waals surface area (Å²) in [5.41, 5.74) is 1.10. The predicted octanol–water partition coefficient (Wildman–Crippen LogP) is 1.47. The number of carbonyl (C=O) groups is 1. The number of amides is 1. The van der Waals surface area contributed by atoms with Crippen LogP contribution in [0, 0.1) is 6.92 Å². The molecule has 0 aliphatic carbocycles. The summed E-state index contributed by atoms with van der Waals surface area (Å²) in [4.78, 5) is 15.8. The molecule has 1 amide bonds. The zero-order valence-electron chi connectivity index (χ0n) is 9.49.